The van der Waals surface area contributed by atoms with Crippen LogP contribution in [0.15, 0.2) is 47.1 Å². The molecule has 3 N–H and O–H groups in total. The molecule has 3 saturated heterocycles. The van der Waals surface area contributed by atoms with Crippen LogP contribution in [-0.4, -0.2) is 75.8 Å². The van der Waals surface area contributed by atoms with Gasteiger partial charge in [-0.15, -0.1) is 0 Å². The summed E-state index contributed by atoms with van der Waals surface area (Å²) in [5.41, 5.74) is 0.531. The van der Waals surface area contributed by atoms with Crippen molar-refractivity contribution in [3.63, 3.8) is 0 Å². The highest BCUT2D eigenvalue weighted by Crippen LogP contribution is 2.47. The lowest BCUT2D eigenvalue weighted by Gasteiger charge is -2.49. The third-order valence-electron chi connectivity index (χ3n) is 9.49. The number of carbonyl (C=O) groups is 2. The lowest BCUT2D eigenvalue weighted by molar-refractivity contribution is -0.334. The fourth-order valence-corrected chi connectivity index (χ4v) is 7.28. The smallest absolute Gasteiger partial charge is 0.316 e. The van der Waals surface area contributed by atoms with Gasteiger partial charge < -0.3 is 34.3 Å². The Bertz CT molecular complexity index is 1150. The number of carbonyl (C=O) groups excluding carboxylic acids is 1. The third kappa shape index (κ3) is 5.84. The summed E-state index contributed by atoms with van der Waals surface area (Å²) in [7, 11) is 0. The number of aliphatic hydroxyl groups excluding tert-OH is 1. The van der Waals surface area contributed by atoms with Crippen LogP contribution in [0.4, 0.5) is 0 Å². The van der Waals surface area contributed by atoms with Crippen molar-refractivity contribution in [2.75, 3.05) is 6.61 Å². The van der Waals surface area contributed by atoms with Crippen molar-refractivity contribution in [3.05, 3.63) is 47.1 Å². The number of carboxylic acids is 1. The first-order valence-corrected chi connectivity index (χ1v) is 15.0. The highest BCUT2D eigenvalue weighted by molar-refractivity contribution is 5.78. The maximum Gasteiger partial charge on any atom is 0.316 e. The van der Waals surface area contributed by atoms with Crippen LogP contribution in [0.25, 0.3) is 0 Å². The second-order valence-electron chi connectivity index (χ2n) is 12.6. The molecule has 0 aromatic carbocycles. The minimum Gasteiger partial charge on any atom is -0.481 e. The molecule has 0 aromatic rings. The van der Waals surface area contributed by atoms with Gasteiger partial charge in [-0.05, 0) is 56.6 Å². The Morgan fingerprint density at radius 1 is 1.20 bits per heavy atom. The first-order valence-electron chi connectivity index (χ1n) is 15.0. The standard InChI is InChI=1S/C32H44O9/c1-5-26-24(29(34)35)11-12-31(41-26)16-23-15-22(40-31)10-9-19(3)13-18(2)7-6-8-21-17-38-28-27(33)20(4)14-25(30(36)39-23)32(21,28)37/h6-9,14,18,22-28,33,37H,5,10-13,15-17H2,1-4H3,(H,34,35)/b7-6+,19-9+,21-8+/t18-,22+,23-,24-,25?,26+,27+,28+,31+,32+/m0/s1. The molecule has 10 atom stereocenters. The minimum atomic E-state index is -1.75. The Kier molecular flexibility index (Phi) is 8.66. The molecule has 2 bridgehead atoms. The average Bonchev–Trinajstić information content (AvgIpc) is 3.25. The summed E-state index contributed by atoms with van der Waals surface area (Å²) in [4.78, 5) is 25.7. The fourth-order valence-electron chi connectivity index (χ4n) is 7.28. The molecule has 9 heteroatoms. The van der Waals surface area contributed by atoms with Gasteiger partial charge in [-0.3, -0.25) is 9.59 Å². The number of aliphatic carboxylic acids is 1. The minimum absolute atomic E-state index is 0.0974. The van der Waals surface area contributed by atoms with Crippen LogP contribution < -0.4 is 0 Å². The monoisotopic (exact) mass is 572 g/mol. The summed E-state index contributed by atoms with van der Waals surface area (Å²) in [6.07, 6.45) is 9.63. The van der Waals surface area contributed by atoms with E-state index >= 15 is 0 Å². The zero-order valence-corrected chi connectivity index (χ0v) is 24.5. The molecule has 0 saturated carbocycles. The van der Waals surface area contributed by atoms with Gasteiger partial charge >= 0.3 is 11.9 Å². The fraction of sp³-hybridized carbons (Fsp3) is 0.688. The molecule has 1 spiro atoms. The van der Waals surface area contributed by atoms with Gasteiger partial charge in [-0.2, -0.15) is 0 Å². The highest BCUT2D eigenvalue weighted by Gasteiger charge is 2.60. The van der Waals surface area contributed by atoms with Crippen molar-refractivity contribution in [1.82, 2.24) is 0 Å². The molecule has 4 heterocycles. The molecule has 5 rings (SSSR count). The number of rotatable bonds is 2. The second kappa shape index (κ2) is 11.8. The number of allylic oxidation sites excluding steroid dienone is 4. The van der Waals surface area contributed by atoms with Crippen molar-refractivity contribution in [3.8, 4) is 0 Å². The van der Waals surface area contributed by atoms with Crippen LogP contribution in [0.1, 0.15) is 72.6 Å². The lowest BCUT2D eigenvalue weighted by Crippen LogP contribution is -2.58. The number of esters is 1. The first-order chi connectivity index (χ1) is 19.5. The maximum absolute atomic E-state index is 13.9. The van der Waals surface area contributed by atoms with Gasteiger partial charge in [-0.1, -0.05) is 49.8 Å². The summed E-state index contributed by atoms with van der Waals surface area (Å²) in [5, 5.41) is 32.6. The number of aliphatic hydroxyl groups is 2. The third-order valence-corrected chi connectivity index (χ3v) is 9.49. The topological polar surface area (TPSA) is 132 Å². The largest absolute Gasteiger partial charge is 0.481 e. The predicted molar refractivity (Wildman–Crippen MR) is 150 cm³/mol. The molecular weight excluding hydrogens is 528 g/mol. The summed E-state index contributed by atoms with van der Waals surface area (Å²) < 4.78 is 25.0. The number of ether oxygens (including phenoxy) is 4. The van der Waals surface area contributed by atoms with Gasteiger partial charge in [-0.25, -0.2) is 0 Å². The molecule has 0 aromatic heterocycles. The molecule has 3 fully saturated rings. The van der Waals surface area contributed by atoms with Gasteiger partial charge in [0, 0.05) is 19.3 Å². The molecule has 4 aliphatic heterocycles. The van der Waals surface area contributed by atoms with E-state index in [4.69, 9.17) is 18.9 Å². The van der Waals surface area contributed by atoms with Crippen LogP contribution >= 0.6 is 0 Å². The van der Waals surface area contributed by atoms with E-state index in [-0.39, 0.29) is 25.0 Å². The summed E-state index contributed by atoms with van der Waals surface area (Å²) in [6.45, 7) is 7.93. The van der Waals surface area contributed by atoms with Gasteiger partial charge in [0.15, 0.2) is 5.79 Å². The second-order valence-corrected chi connectivity index (χ2v) is 12.6. The van der Waals surface area contributed by atoms with Crippen molar-refractivity contribution >= 4 is 11.9 Å². The van der Waals surface area contributed by atoms with E-state index in [0.717, 1.165) is 6.42 Å². The van der Waals surface area contributed by atoms with Gasteiger partial charge in [0.2, 0.25) is 0 Å². The SMILES string of the molecule is CC[C@H]1O[C@]2(CC[C@@H]1C(=O)O)C[C@@H]1C[C@@H](C/C=C(\C)C[C@@H](C)/C=C/C=C3\CO[C@@H]4[C@H](O)C(C)=CC(C(=O)O1)[C@]34O)O2. The predicted octanol–water partition coefficient (Wildman–Crippen LogP) is 3.99. The Morgan fingerprint density at radius 2 is 1.98 bits per heavy atom. The zero-order chi connectivity index (χ0) is 29.5. The van der Waals surface area contributed by atoms with E-state index in [2.05, 4.69) is 26.0 Å². The zero-order valence-electron chi connectivity index (χ0n) is 24.5. The summed E-state index contributed by atoms with van der Waals surface area (Å²) in [6, 6.07) is 0. The van der Waals surface area contributed by atoms with E-state index in [0.29, 0.717) is 43.3 Å². The van der Waals surface area contributed by atoms with Crippen LogP contribution in [-0.2, 0) is 28.5 Å². The first kappa shape index (κ1) is 30.2. The molecule has 0 radical (unpaired) electrons. The van der Waals surface area contributed by atoms with Gasteiger partial charge in [0.1, 0.15) is 29.8 Å². The molecule has 5 aliphatic rings. The average molecular weight is 573 g/mol. The number of carboxylic acid groups (broad SMARTS) is 1. The van der Waals surface area contributed by atoms with Crippen LogP contribution in [0.3, 0.4) is 0 Å². The Balaban J connectivity index is 1.50. The van der Waals surface area contributed by atoms with E-state index in [1.54, 1.807) is 19.1 Å². The van der Waals surface area contributed by atoms with E-state index in [9.17, 15) is 24.9 Å². The molecule has 9 nitrogen and oxygen atoms in total. The van der Waals surface area contributed by atoms with Crippen molar-refractivity contribution in [1.29, 1.82) is 0 Å². The van der Waals surface area contributed by atoms with Crippen LogP contribution in [0.2, 0.25) is 0 Å². The van der Waals surface area contributed by atoms with Gasteiger partial charge in [0.05, 0.1) is 24.7 Å². The number of hydrogen-bond donors (Lipinski definition) is 3. The lowest BCUT2D eigenvalue weighted by atomic mass is 9.71. The van der Waals surface area contributed by atoms with E-state index < -0.39 is 59.6 Å². The number of hydrogen-bond acceptors (Lipinski definition) is 8. The van der Waals surface area contributed by atoms with Crippen molar-refractivity contribution in [2.45, 2.75) is 115 Å². The summed E-state index contributed by atoms with van der Waals surface area (Å²) in [5.74, 6) is -3.97. The van der Waals surface area contributed by atoms with Gasteiger partial charge in [0.25, 0.3) is 0 Å². The molecule has 41 heavy (non-hydrogen) atoms. The van der Waals surface area contributed by atoms with E-state index in [1.807, 2.05) is 13.0 Å². The maximum atomic E-state index is 13.9. The Morgan fingerprint density at radius 3 is 2.71 bits per heavy atom. The normalized spacial score (nSPS) is 46.8. The number of fused-ring (bicyclic) bond motifs is 2. The van der Waals surface area contributed by atoms with Crippen LogP contribution in [0, 0.1) is 17.8 Å². The molecule has 226 valence electrons. The molecule has 1 aliphatic carbocycles. The Labute approximate surface area is 241 Å². The quantitative estimate of drug-likeness (QED) is 0.332. The van der Waals surface area contributed by atoms with Crippen molar-refractivity contribution < 1.29 is 43.9 Å². The van der Waals surface area contributed by atoms with Crippen LogP contribution in [0.5, 0.6) is 0 Å². The highest BCUT2D eigenvalue weighted by atomic mass is 16.7. The summed E-state index contributed by atoms with van der Waals surface area (Å²) >= 11 is 0. The molecule has 1 unspecified atom stereocenters. The Hall–Kier alpha value is -2.30. The molecule has 0 amide bonds. The van der Waals surface area contributed by atoms with Crippen molar-refractivity contribution in [2.24, 2.45) is 17.8 Å². The van der Waals surface area contributed by atoms with E-state index in [1.165, 1.54) is 5.57 Å². The molecular formula is C32H44O9.